The molecule has 0 atom stereocenters. The highest BCUT2D eigenvalue weighted by Gasteiger charge is 2.24. The molecular weight excluding hydrogens is 256 g/mol. The van der Waals surface area contributed by atoms with Gasteiger partial charge in [-0.1, -0.05) is 0 Å². The number of piperazine rings is 1. The normalized spacial score (nSPS) is 17.8. The van der Waals surface area contributed by atoms with Gasteiger partial charge in [-0.3, -0.25) is 0 Å². The van der Waals surface area contributed by atoms with E-state index in [4.69, 9.17) is 4.74 Å². The van der Waals surface area contributed by atoms with E-state index < -0.39 is 10.0 Å². The van der Waals surface area contributed by atoms with Gasteiger partial charge in [-0.25, -0.2) is 18.4 Å². The highest BCUT2D eigenvalue weighted by atomic mass is 32.2. The van der Waals surface area contributed by atoms with Crippen LogP contribution in [0.5, 0.6) is 5.88 Å². The molecule has 1 aromatic heterocycles. The molecule has 0 amide bonds. The molecule has 2 rings (SSSR count). The van der Waals surface area contributed by atoms with Crippen molar-refractivity contribution in [3.05, 3.63) is 12.4 Å². The van der Waals surface area contributed by atoms with Crippen LogP contribution < -0.4 is 9.64 Å². The molecule has 0 aromatic carbocycles. The summed E-state index contributed by atoms with van der Waals surface area (Å²) in [6, 6.07) is 1.75. The van der Waals surface area contributed by atoms with Crippen molar-refractivity contribution in [3.8, 4) is 5.88 Å². The Labute approximate surface area is 106 Å². The summed E-state index contributed by atoms with van der Waals surface area (Å²) in [7, 11) is -1.55. The van der Waals surface area contributed by atoms with Crippen LogP contribution in [0, 0.1) is 0 Å². The summed E-state index contributed by atoms with van der Waals surface area (Å²) in [4.78, 5) is 10.1. The number of rotatable bonds is 3. The quantitative estimate of drug-likeness (QED) is 0.743. The molecule has 1 aliphatic heterocycles. The number of methoxy groups -OCH3 is 1. The van der Waals surface area contributed by atoms with Gasteiger partial charge >= 0.3 is 0 Å². The number of ether oxygens (including phenoxy) is 1. The average molecular weight is 272 g/mol. The van der Waals surface area contributed by atoms with E-state index in [2.05, 4.69) is 9.97 Å². The third-order valence-corrected chi connectivity index (χ3v) is 4.17. The zero-order chi connectivity index (χ0) is 13.2. The summed E-state index contributed by atoms with van der Waals surface area (Å²) >= 11 is 0. The van der Waals surface area contributed by atoms with Crippen LogP contribution in [0.2, 0.25) is 0 Å². The molecular formula is C10H16N4O3S. The number of hydrogen-bond acceptors (Lipinski definition) is 6. The lowest BCUT2D eigenvalue weighted by Crippen LogP contribution is -2.48. The fourth-order valence-corrected chi connectivity index (χ4v) is 2.69. The zero-order valence-corrected chi connectivity index (χ0v) is 11.2. The van der Waals surface area contributed by atoms with Crippen molar-refractivity contribution in [3.63, 3.8) is 0 Å². The number of nitrogens with zero attached hydrogens (tertiary/aromatic N) is 4. The molecule has 1 saturated heterocycles. The van der Waals surface area contributed by atoms with Crippen molar-refractivity contribution >= 4 is 15.8 Å². The molecule has 0 spiro atoms. The van der Waals surface area contributed by atoms with Crippen LogP contribution in [-0.4, -0.2) is 62.2 Å². The highest BCUT2D eigenvalue weighted by molar-refractivity contribution is 7.88. The average Bonchev–Trinajstić information content (AvgIpc) is 2.38. The van der Waals surface area contributed by atoms with E-state index in [-0.39, 0.29) is 0 Å². The number of sulfonamides is 1. The van der Waals surface area contributed by atoms with E-state index in [1.807, 2.05) is 4.90 Å². The second-order valence-corrected chi connectivity index (χ2v) is 6.05. The van der Waals surface area contributed by atoms with Gasteiger partial charge in [0.2, 0.25) is 15.9 Å². The minimum atomic E-state index is -3.10. The van der Waals surface area contributed by atoms with Crippen molar-refractivity contribution in [2.45, 2.75) is 0 Å². The minimum Gasteiger partial charge on any atom is -0.481 e. The molecule has 0 unspecified atom stereocenters. The summed E-state index contributed by atoms with van der Waals surface area (Å²) < 4.78 is 29.3. The van der Waals surface area contributed by atoms with Crippen LogP contribution in [0.1, 0.15) is 0 Å². The standard InChI is InChI=1S/C10H16N4O3S/c1-17-10-7-9(11-8-12-10)13-3-5-14(6-4-13)18(2,15)16/h7-8H,3-6H2,1-2H3. The minimum absolute atomic E-state index is 0.477. The lowest BCUT2D eigenvalue weighted by atomic mass is 10.3. The molecule has 2 heterocycles. The first-order chi connectivity index (χ1) is 8.50. The van der Waals surface area contributed by atoms with Gasteiger partial charge in [-0.05, 0) is 0 Å². The molecule has 7 nitrogen and oxygen atoms in total. The van der Waals surface area contributed by atoms with Crippen molar-refractivity contribution in [1.82, 2.24) is 14.3 Å². The van der Waals surface area contributed by atoms with Crippen LogP contribution in [0.15, 0.2) is 12.4 Å². The van der Waals surface area contributed by atoms with Crippen molar-refractivity contribution in [2.24, 2.45) is 0 Å². The first kappa shape index (κ1) is 13.0. The van der Waals surface area contributed by atoms with Gasteiger partial charge in [0.05, 0.1) is 13.4 Å². The maximum Gasteiger partial charge on any atom is 0.218 e. The van der Waals surface area contributed by atoms with Gasteiger partial charge in [-0.15, -0.1) is 0 Å². The summed E-state index contributed by atoms with van der Waals surface area (Å²) in [5, 5.41) is 0. The van der Waals surface area contributed by atoms with Crippen molar-refractivity contribution < 1.29 is 13.2 Å². The van der Waals surface area contributed by atoms with E-state index in [1.54, 1.807) is 13.2 Å². The Morgan fingerprint density at radius 3 is 2.44 bits per heavy atom. The van der Waals surface area contributed by atoms with Gasteiger partial charge in [0.15, 0.2) is 0 Å². The Morgan fingerprint density at radius 1 is 1.22 bits per heavy atom. The molecule has 0 aliphatic carbocycles. The van der Waals surface area contributed by atoms with Gasteiger partial charge in [0.25, 0.3) is 0 Å². The third-order valence-electron chi connectivity index (χ3n) is 2.87. The Kier molecular flexibility index (Phi) is 3.67. The molecule has 1 fully saturated rings. The fourth-order valence-electron chi connectivity index (χ4n) is 1.86. The van der Waals surface area contributed by atoms with Gasteiger partial charge in [0.1, 0.15) is 12.1 Å². The first-order valence-corrected chi connectivity index (χ1v) is 7.41. The van der Waals surface area contributed by atoms with Gasteiger partial charge in [-0.2, -0.15) is 4.31 Å². The Balaban J connectivity index is 2.05. The number of aromatic nitrogens is 2. The zero-order valence-electron chi connectivity index (χ0n) is 10.4. The Bertz CT molecular complexity index is 512. The molecule has 100 valence electrons. The van der Waals surface area contributed by atoms with E-state index in [0.717, 1.165) is 5.82 Å². The first-order valence-electron chi connectivity index (χ1n) is 5.57. The molecule has 1 aliphatic rings. The fraction of sp³-hybridized carbons (Fsp3) is 0.600. The van der Waals surface area contributed by atoms with E-state index >= 15 is 0 Å². The molecule has 18 heavy (non-hydrogen) atoms. The van der Waals surface area contributed by atoms with Crippen molar-refractivity contribution in [1.29, 1.82) is 0 Å². The molecule has 0 bridgehead atoms. The Hall–Kier alpha value is -1.41. The van der Waals surface area contributed by atoms with E-state index in [1.165, 1.54) is 16.9 Å². The van der Waals surface area contributed by atoms with Gasteiger partial charge in [0, 0.05) is 32.2 Å². The van der Waals surface area contributed by atoms with E-state index in [9.17, 15) is 8.42 Å². The predicted molar refractivity (Wildman–Crippen MR) is 67.2 cm³/mol. The van der Waals surface area contributed by atoms with Gasteiger partial charge < -0.3 is 9.64 Å². The predicted octanol–water partition coefficient (Wildman–Crippen LogP) is -0.433. The monoisotopic (exact) mass is 272 g/mol. The molecule has 8 heteroatoms. The molecule has 0 radical (unpaired) electrons. The second-order valence-electron chi connectivity index (χ2n) is 4.07. The third kappa shape index (κ3) is 2.88. The summed E-state index contributed by atoms with van der Waals surface area (Å²) in [5.41, 5.74) is 0. The SMILES string of the molecule is COc1cc(N2CCN(S(C)(=O)=O)CC2)ncn1. The second kappa shape index (κ2) is 5.07. The maximum atomic E-state index is 11.4. The molecule has 0 N–H and O–H groups in total. The molecule has 1 aromatic rings. The topological polar surface area (TPSA) is 75.6 Å². The highest BCUT2D eigenvalue weighted by Crippen LogP contribution is 2.17. The van der Waals surface area contributed by atoms with Crippen LogP contribution in [0.4, 0.5) is 5.82 Å². The summed E-state index contributed by atoms with van der Waals surface area (Å²) in [5.74, 6) is 1.26. The summed E-state index contributed by atoms with van der Waals surface area (Å²) in [6.07, 6.45) is 2.67. The largest absolute Gasteiger partial charge is 0.481 e. The van der Waals surface area contributed by atoms with Crippen LogP contribution >= 0.6 is 0 Å². The lowest BCUT2D eigenvalue weighted by Gasteiger charge is -2.33. The van der Waals surface area contributed by atoms with Crippen LogP contribution in [-0.2, 0) is 10.0 Å². The van der Waals surface area contributed by atoms with Crippen LogP contribution in [0.25, 0.3) is 0 Å². The number of hydrogen-bond donors (Lipinski definition) is 0. The number of anilines is 1. The maximum absolute atomic E-state index is 11.4. The summed E-state index contributed by atoms with van der Waals surface area (Å²) in [6.45, 7) is 2.19. The lowest BCUT2D eigenvalue weighted by molar-refractivity contribution is 0.383. The molecule has 0 saturated carbocycles. The van der Waals surface area contributed by atoms with Crippen molar-refractivity contribution in [2.75, 3.05) is 44.4 Å². The Morgan fingerprint density at radius 2 is 1.89 bits per heavy atom. The van der Waals surface area contributed by atoms with Crippen LogP contribution in [0.3, 0.4) is 0 Å². The smallest absolute Gasteiger partial charge is 0.218 e. The van der Waals surface area contributed by atoms with E-state index in [0.29, 0.717) is 32.1 Å².